The average molecular weight is 422 g/mol. The molecule has 2 N–H and O–H groups in total. The van der Waals surface area contributed by atoms with Gasteiger partial charge in [-0.05, 0) is 56.0 Å². The highest BCUT2D eigenvalue weighted by molar-refractivity contribution is 7.14. The van der Waals surface area contributed by atoms with Gasteiger partial charge in [0.05, 0.1) is 11.3 Å². The fraction of sp³-hybridized carbons (Fsp3) is 0.261. The smallest absolute Gasteiger partial charge is 0.258 e. The number of phenolic OH excluding ortho intramolecular Hbond substituents is 1. The summed E-state index contributed by atoms with van der Waals surface area (Å²) in [7, 11) is 0. The number of phenols is 1. The predicted octanol–water partition coefficient (Wildman–Crippen LogP) is 4.38. The number of hydrogen-bond acceptors (Lipinski definition) is 5. The number of thiazole rings is 1. The van der Waals surface area contributed by atoms with Crippen molar-refractivity contribution in [1.82, 2.24) is 9.88 Å². The molecule has 1 atom stereocenters. The van der Waals surface area contributed by atoms with E-state index >= 15 is 0 Å². The number of aromatic nitrogens is 1. The highest BCUT2D eigenvalue weighted by Crippen LogP contribution is 2.28. The number of rotatable bonds is 4. The molecule has 2 amide bonds. The summed E-state index contributed by atoms with van der Waals surface area (Å²) in [5, 5.41) is 15.3. The van der Waals surface area contributed by atoms with Gasteiger partial charge in [0.15, 0.2) is 5.13 Å². The van der Waals surface area contributed by atoms with E-state index in [2.05, 4.69) is 36.3 Å². The fourth-order valence-corrected chi connectivity index (χ4v) is 4.37. The van der Waals surface area contributed by atoms with Crippen LogP contribution in [-0.2, 0) is 4.79 Å². The molecule has 2 heterocycles. The van der Waals surface area contributed by atoms with Gasteiger partial charge in [-0.1, -0.05) is 24.3 Å². The minimum absolute atomic E-state index is 0.0773. The SMILES string of the molecule is Cc1ccc(-c2csc(NC(=O)[C@@H]3CCCN3C(=O)c3ccccc3O)n2)cc1C. The van der Waals surface area contributed by atoms with Crippen LogP contribution >= 0.6 is 11.3 Å². The van der Waals surface area contributed by atoms with E-state index in [-0.39, 0.29) is 23.1 Å². The maximum absolute atomic E-state index is 12.9. The lowest BCUT2D eigenvalue weighted by molar-refractivity contribution is -0.119. The Morgan fingerprint density at radius 1 is 1.17 bits per heavy atom. The van der Waals surface area contributed by atoms with Gasteiger partial charge in [-0.2, -0.15) is 0 Å². The van der Waals surface area contributed by atoms with Crippen LogP contribution in [0.25, 0.3) is 11.3 Å². The van der Waals surface area contributed by atoms with Crippen molar-refractivity contribution in [2.24, 2.45) is 0 Å². The van der Waals surface area contributed by atoms with Gasteiger partial charge in [-0.15, -0.1) is 11.3 Å². The number of benzene rings is 2. The molecule has 30 heavy (non-hydrogen) atoms. The van der Waals surface area contributed by atoms with Crippen molar-refractivity contribution in [3.05, 3.63) is 64.5 Å². The number of anilines is 1. The maximum atomic E-state index is 12.9. The first-order chi connectivity index (χ1) is 14.4. The van der Waals surface area contributed by atoms with Crippen LogP contribution in [0.4, 0.5) is 5.13 Å². The van der Waals surface area contributed by atoms with E-state index in [4.69, 9.17) is 0 Å². The summed E-state index contributed by atoms with van der Waals surface area (Å²) in [6.45, 7) is 4.61. The van der Waals surface area contributed by atoms with Gasteiger partial charge >= 0.3 is 0 Å². The van der Waals surface area contributed by atoms with Crippen molar-refractivity contribution in [1.29, 1.82) is 0 Å². The quantitative estimate of drug-likeness (QED) is 0.655. The van der Waals surface area contributed by atoms with Crippen LogP contribution < -0.4 is 5.32 Å². The van der Waals surface area contributed by atoms with Gasteiger partial charge < -0.3 is 15.3 Å². The van der Waals surface area contributed by atoms with Gasteiger partial charge in [0.25, 0.3) is 5.91 Å². The van der Waals surface area contributed by atoms with Crippen LogP contribution in [-0.4, -0.2) is 39.4 Å². The normalized spacial score (nSPS) is 15.9. The van der Waals surface area contributed by atoms with Gasteiger partial charge in [0, 0.05) is 17.5 Å². The zero-order chi connectivity index (χ0) is 21.3. The Labute approximate surface area is 179 Å². The second-order valence-corrected chi connectivity index (χ2v) is 8.36. The molecule has 1 fully saturated rings. The Kier molecular flexibility index (Phi) is 5.55. The highest BCUT2D eigenvalue weighted by Gasteiger charge is 2.35. The van der Waals surface area contributed by atoms with Crippen LogP contribution in [0.1, 0.15) is 34.3 Å². The van der Waals surface area contributed by atoms with E-state index < -0.39 is 6.04 Å². The third kappa shape index (κ3) is 3.93. The Morgan fingerprint density at radius 3 is 2.73 bits per heavy atom. The fourth-order valence-electron chi connectivity index (χ4n) is 3.64. The van der Waals surface area contributed by atoms with Gasteiger partial charge in [-0.3, -0.25) is 9.59 Å². The summed E-state index contributed by atoms with van der Waals surface area (Å²) < 4.78 is 0. The monoisotopic (exact) mass is 421 g/mol. The predicted molar refractivity (Wildman–Crippen MR) is 118 cm³/mol. The molecule has 1 aliphatic heterocycles. The lowest BCUT2D eigenvalue weighted by Gasteiger charge is -2.23. The molecular weight excluding hydrogens is 398 g/mol. The molecule has 0 aliphatic carbocycles. The van der Waals surface area contributed by atoms with Crippen LogP contribution in [0.3, 0.4) is 0 Å². The summed E-state index contributed by atoms with van der Waals surface area (Å²) in [6.07, 6.45) is 1.32. The molecule has 0 saturated carbocycles. The molecule has 154 valence electrons. The second-order valence-electron chi connectivity index (χ2n) is 7.50. The summed E-state index contributed by atoms with van der Waals surface area (Å²) in [5.41, 5.74) is 4.44. The lowest BCUT2D eigenvalue weighted by Crippen LogP contribution is -2.43. The Balaban J connectivity index is 1.48. The van der Waals surface area contributed by atoms with Crippen molar-refractivity contribution < 1.29 is 14.7 Å². The zero-order valence-corrected chi connectivity index (χ0v) is 17.7. The summed E-state index contributed by atoms with van der Waals surface area (Å²) in [6, 6.07) is 12.0. The van der Waals surface area contributed by atoms with Crippen molar-refractivity contribution in [3.8, 4) is 17.0 Å². The number of hydrogen-bond donors (Lipinski definition) is 2. The van der Waals surface area contributed by atoms with Gasteiger partial charge in [-0.25, -0.2) is 4.98 Å². The molecule has 0 unspecified atom stereocenters. The molecule has 1 aliphatic rings. The van der Waals surface area contributed by atoms with E-state index in [9.17, 15) is 14.7 Å². The van der Waals surface area contributed by atoms with E-state index in [0.717, 1.165) is 17.7 Å². The zero-order valence-electron chi connectivity index (χ0n) is 16.9. The molecular formula is C23H23N3O3S. The van der Waals surface area contributed by atoms with Crippen molar-refractivity contribution >= 4 is 28.3 Å². The number of nitrogens with zero attached hydrogens (tertiary/aromatic N) is 2. The number of aryl methyl sites for hydroxylation is 2. The number of carbonyl (C=O) groups excluding carboxylic acids is 2. The van der Waals surface area contributed by atoms with E-state index in [1.54, 1.807) is 18.2 Å². The number of amides is 2. The molecule has 0 bridgehead atoms. The lowest BCUT2D eigenvalue weighted by atomic mass is 10.1. The summed E-state index contributed by atoms with van der Waals surface area (Å²) in [5.74, 6) is -0.663. The van der Waals surface area contributed by atoms with Gasteiger partial charge in [0.1, 0.15) is 11.8 Å². The topological polar surface area (TPSA) is 82.5 Å². The van der Waals surface area contributed by atoms with Gasteiger partial charge in [0.2, 0.25) is 5.91 Å². The molecule has 7 heteroatoms. The Morgan fingerprint density at radius 2 is 1.97 bits per heavy atom. The number of likely N-dealkylation sites (tertiary alicyclic amines) is 1. The minimum atomic E-state index is -0.578. The second kappa shape index (κ2) is 8.28. The van der Waals surface area contributed by atoms with Crippen molar-refractivity contribution in [3.63, 3.8) is 0 Å². The molecule has 1 aromatic heterocycles. The van der Waals surface area contributed by atoms with Crippen molar-refractivity contribution in [2.75, 3.05) is 11.9 Å². The van der Waals surface area contributed by atoms with E-state index in [0.29, 0.717) is 18.1 Å². The maximum Gasteiger partial charge on any atom is 0.258 e. The number of aromatic hydroxyl groups is 1. The molecule has 6 nitrogen and oxygen atoms in total. The van der Waals surface area contributed by atoms with Crippen LogP contribution in [0.15, 0.2) is 47.8 Å². The number of nitrogens with one attached hydrogen (secondary N) is 1. The summed E-state index contributed by atoms with van der Waals surface area (Å²) >= 11 is 1.36. The van der Waals surface area contributed by atoms with Crippen LogP contribution in [0.5, 0.6) is 5.75 Å². The third-order valence-corrected chi connectivity index (χ3v) is 6.25. The molecule has 4 rings (SSSR count). The van der Waals surface area contributed by atoms with Crippen LogP contribution in [0, 0.1) is 13.8 Å². The standard InChI is InChI=1S/C23H23N3O3S/c1-14-9-10-16(12-15(14)2)18-13-30-23(24-18)25-21(28)19-7-5-11-26(19)22(29)17-6-3-4-8-20(17)27/h3-4,6,8-10,12-13,19,27H,5,7,11H2,1-2H3,(H,24,25,28)/t19-/m0/s1. The molecule has 1 saturated heterocycles. The average Bonchev–Trinajstić information content (AvgIpc) is 3.40. The van der Waals surface area contributed by atoms with Crippen molar-refractivity contribution in [2.45, 2.75) is 32.7 Å². The van der Waals surface area contributed by atoms with E-state index in [1.807, 2.05) is 11.4 Å². The molecule has 0 spiro atoms. The first kappa shape index (κ1) is 20.1. The number of carbonyl (C=O) groups is 2. The Bertz CT molecular complexity index is 1110. The Hall–Kier alpha value is -3.19. The largest absolute Gasteiger partial charge is 0.507 e. The molecule has 0 radical (unpaired) electrons. The molecule has 2 aromatic carbocycles. The number of para-hydroxylation sites is 1. The van der Waals surface area contributed by atoms with Crippen LogP contribution in [0.2, 0.25) is 0 Å². The summed E-state index contributed by atoms with van der Waals surface area (Å²) in [4.78, 5) is 31.8. The molecule has 3 aromatic rings. The highest BCUT2D eigenvalue weighted by atomic mass is 32.1. The minimum Gasteiger partial charge on any atom is -0.507 e. The first-order valence-corrected chi connectivity index (χ1v) is 10.7. The van der Waals surface area contributed by atoms with E-state index in [1.165, 1.54) is 33.4 Å². The third-order valence-electron chi connectivity index (χ3n) is 5.49. The first-order valence-electron chi connectivity index (χ1n) is 9.87.